The third-order valence-electron chi connectivity index (χ3n) is 3.75. The predicted octanol–water partition coefficient (Wildman–Crippen LogP) is 2.55. The minimum Gasteiger partial charge on any atom is -0.493 e. The first-order chi connectivity index (χ1) is 13.5. The van der Waals surface area contributed by atoms with Gasteiger partial charge in [0, 0.05) is 11.3 Å². The van der Waals surface area contributed by atoms with Gasteiger partial charge in [-0.05, 0) is 36.4 Å². The van der Waals surface area contributed by atoms with Crippen molar-refractivity contribution in [3.63, 3.8) is 0 Å². The quantitative estimate of drug-likeness (QED) is 0.461. The summed E-state index contributed by atoms with van der Waals surface area (Å²) in [5.41, 5.74) is 1.06. The van der Waals surface area contributed by atoms with Crippen LogP contribution in [0.15, 0.2) is 47.6 Å². The van der Waals surface area contributed by atoms with E-state index in [-0.39, 0.29) is 11.7 Å². The number of amides is 1. The van der Waals surface area contributed by atoms with Crippen LogP contribution in [0.25, 0.3) is 11.4 Å². The number of methoxy groups -OCH3 is 2. The number of carbonyl (C=O) groups excluding carboxylic acids is 1. The fourth-order valence-corrected chi connectivity index (χ4v) is 3.10. The summed E-state index contributed by atoms with van der Waals surface area (Å²) in [6.07, 6.45) is 0. The summed E-state index contributed by atoms with van der Waals surface area (Å²) < 4.78 is 25.0. The molecule has 0 fully saturated rings. The van der Waals surface area contributed by atoms with Gasteiger partial charge in [-0.15, -0.1) is 10.2 Å². The summed E-state index contributed by atoms with van der Waals surface area (Å²) >= 11 is 1.11. The number of carbonyl (C=O) groups is 1. The number of benzene rings is 2. The number of aromatic nitrogens is 3. The fourth-order valence-electron chi connectivity index (χ4n) is 2.44. The molecule has 0 unspecified atom stereocenters. The van der Waals surface area contributed by atoms with Crippen LogP contribution < -0.4 is 20.6 Å². The zero-order valence-corrected chi connectivity index (χ0v) is 16.0. The van der Waals surface area contributed by atoms with E-state index in [4.69, 9.17) is 15.3 Å². The number of ether oxygens (including phenoxy) is 2. The van der Waals surface area contributed by atoms with Gasteiger partial charge < -0.3 is 20.6 Å². The molecule has 0 saturated heterocycles. The highest BCUT2D eigenvalue weighted by Gasteiger charge is 2.16. The maximum atomic E-state index is 13.2. The van der Waals surface area contributed by atoms with Crippen LogP contribution in [0, 0.1) is 5.82 Å². The van der Waals surface area contributed by atoms with E-state index in [2.05, 4.69) is 15.5 Å². The summed E-state index contributed by atoms with van der Waals surface area (Å²) in [7, 11) is 3.08. The number of anilines is 1. The normalized spacial score (nSPS) is 10.5. The van der Waals surface area contributed by atoms with Crippen molar-refractivity contribution in [1.29, 1.82) is 0 Å². The minimum atomic E-state index is -0.424. The average Bonchev–Trinajstić information content (AvgIpc) is 3.06. The molecule has 146 valence electrons. The first kappa shape index (κ1) is 19.5. The van der Waals surface area contributed by atoms with Gasteiger partial charge in [0.1, 0.15) is 5.82 Å². The molecule has 1 heterocycles. The Labute approximate surface area is 164 Å². The van der Waals surface area contributed by atoms with Gasteiger partial charge in [0.15, 0.2) is 17.3 Å². The van der Waals surface area contributed by atoms with Gasteiger partial charge >= 0.3 is 0 Å². The van der Waals surface area contributed by atoms with E-state index in [0.717, 1.165) is 11.8 Å². The third-order valence-corrected chi connectivity index (χ3v) is 4.69. The highest BCUT2D eigenvalue weighted by Crippen LogP contribution is 2.32. The fraction of sp³-hybridized carbons (Fsp3) is 0.167. The molecule has 2 aromatic carbocycles. The van der Waals surface area contributed by atoms with Crippen molar-refractivity contribution in [2.75, 3.05) is 31.1 Å². The molecule has 0 aliphatic heterocycles. The maximum Gasteiger partial charge on any atom is 0.234 e. The SMILES string of the molecule is COc1ccc(-c2nnc(SCC(=O)Nc3cccc(F)c3)n2N)cc1OC. The highest BCUT2D eigenvalue weighted by atomic mass is 32.2. The Kier molecular flexibility index (Phi) is 5.99. The number of nitrogen functional groups attached to an aromatic ring is 1. The van der Waals surface area contributed by atoms with Gasteiger partial charge in [0.05, 0.1) is 20.0 Å². The molecule has 0 aliphatic carbocycles. The van der Waals surface area contributed by atoms with Crippen LogP contribution in [0.2, 0.25) is 0 Å². The largest absolute Gasteiger partial charge is 0.493 e. The molecule has 0 radical (unpaired) electrons. The van der Waals surface area contributed by atoms with E-state index in [1.807, 2.05) is 0 Å². The predicted molar refractivity (Wildman–Crippen MR) is 104 cm³/mol. The topological polar surface area (TPSA) is 104 Å². The Balaban J connectivity index is 1.69. The number of hydrogen-bond donors (Lipinski definition) is 2. The molecule has 0 bridgehead atoms. The molecule has 0 spiro atoms. The van der Waals surface area contributed by atoms with Gasteiger partial charge in [-0.2, -0.15) is 0 Å². The van der Waals surface area contributed by atoms with Gasteiger partial charge in [-0.3, -0.25) is 4.79 Å². The number of thioether (sulfide) groups is 1. The van der Waals surface area contributed by atoms with Gasteiger partial charge in [-0.25, -0.2) is 9.07 Å². The molecule has 3 rings (SSSR count). The number of rotatable bonds is 7. The summed E-state index contributed by atoms with van der Waals surface area (Å²) in [5, 5.41) is 11.1. The van der Waals surface area contributed by atoms with E-state index in [9.17, 15) is 9.18 Å². The molecular formula is C18H18FN5O3S. The lowest BCUT2D eigenvalue weighted by Crippen LogP contribution is -2.16. The molecule has 0 atom stereocenters. The Morgan fingerprint density at radius 3 is 2.68 bits per heavy atom. The Hall–Kier alpha value is -3.27. The first-order valence-electron chi connectivity index (χ1n) is 8.13. The molecule has 10 heteroatoms. The van der Waals surface area contributed by atoms with E-state index in [0.29, 0.717) is 33.7 Å². The number of nitrogens with one attached hydrogen (secondary N) is 1. The van der Waals surface area contributed by atoms with Crippen molar-refractivity contribution >= 4 is 23.4 Å². The summed E-state index contributed by atoms with van der Waals surface area (Å²) in [6, 6.07) is 10.9. The average molecular weight is 403 g/mol. The van der Waals surface area contributed by atoms with E-state index in [1.165, 1.54) is 30.0 Å². The van der Waals surface area contributed by atoms with Crippen LogP contribution in [-0.2, 0) is 4.79 Å². The molecular weight excluding hydrogens is 385 g/mol. The van der Waals surface area contributed by atoms with Crippen molar-refractivity contribution < 1.29 is 18.7 Å². The van der Waals surface area contributed by atoms with Crippen molar-refractivity contribution in [2.24, 2.45) is 0 Å². The Morgan fingerprint density at radius 1 is 1.18 bits per heavy atom. The lowest BCUT2D eigenvalue weighted by molar-refractivity contribution is -0.113. The van der Waals surface area contributed by atoms with Crippen molar-refractivity contribution in [3.05, 3.63) is 48.3 Å². The highest BCUT2D eigenvalue weighted by molar-refractivity contribution is 7.99. The monoisotopic (exact) mass is 403 g/mol. The lowest BCUT2D eigenvalue weighted by atomic mass is 10.2. The smallest absolute Gasteiger partial charge is 0.234 e. The molecule has 8 nitrogen and oxygen atoms in total. The third kappa shape index (κ3) is 4.34. The first-order valence-corrected chi connectivity index (χ1v) is 9.11. The summed E-state index contributed by atoms with van der Waals surface area (Å²) in [4.78, 5) is 12.1. The molecule has 28 heavy (non-hydrogen) atoms. The number of nitrogens with two attached hydrogens (primary N) is 1. The minimum absolute atomic E-state index is 0.0395. The van der Waals surface area contributed by atoms with E-state index >= 15 is 0 Å². The Bertz CT molecular complexity index is 995. The maximum absolute atomic E-state index is 13.2. The van der Waals surface area contributed by atoms with Crippen LogP contribution in [-0.4, -0.2) is 40.8 Å². The van der Waals surface area contributed by atoms with Crippen LogP contribution >= 0.6 is 11.8 Å². The second kappa shape index (κ2) is 8.61. The lowest BCUT2D eigenvalue weighted by Gasteiger charge is -2.09. The molecule has 0 aliphatic rings. The van der Waals surface area contributed by atoms with Crippen LogP contribution in [0.1, 0.15) is 0 Å². The second-order valence-corrected chi connectivity index (χ2v) is 6.54. The molecule has 1 amide bonds. The molecule has 0 saturated carbocycles. The molecule has 3 aromatic rings. The number of nitrogens with zero attached hydrogens (tertiary/aromatic N) is 3. The zero-order valence-electron chi connectivity index (χ0n) is 15.2. The van der Waals surface area contributed by atoms with Crippen LogP contribution in [0.3, 0.4) is 0 Å². The second-order valence-electron chi connectivity index (χ2n) is 5.59. The van der Waals surface area contributed by atoms with E-state index in [1.54, 1.807) is 31.4 Å². The summed E-state index contributed by atoms with van der Waals surface area (Å²) in [6.45, 7) is 0. The number of hydrogen-bond acceptors (Lipinski definition) is 7. The van der Waals surface area contributed by atoms with Gasteiger partial charge in [0.2, 0.25) is 11.1 Å². The number of halogens is 1. The molecule has 3 N–H and O–H groups in total. The summed E-state index contributed by atoms with van der Waals surface area (Å²) in [5.74, 6) is 6.90. The van der Waals surface area contributed by atoms with Crippen LogP contribution in [0.5, 0.6) is 11.5 Å². The Morgan fingerprint density at radius 2 is 1.96 bits per heavy atom. The van der Waals surface area contributed by atoms with Crippen molar-refractivity contribution in [1.82, 2.24) is 14.9 Å². The zero-order chi connectivity index (χ0) is 20.1. The van der Waals surface area contributed by atoms with Crippen LogP contribution in [0.4, 0.5) is 10.1 Å². The standard InChI is InChI=1S/C18H18FN5O3S/c1-26-14-7-6-11(8-15(14)27-2)17-22-23-18(24(17)20)28-10-16(25)21-13-5-3-4-12(19)9-13/h3-9H,10,20H2,1-2H3,(H,21,25). The van der Waals surface area contributed by atoms with Crippen molar-refractivity contribution in [3.8, 4) is 22.9 Å². The van der Waals surface area contributed by atoms with Gasteiger partial charge in [-0.1, -0.05) is 17.8 Å². The van der Waals surface area contributed by atoms with Gasteiger partial charge in [0.25, 0.3) is 0 Å². The molecule has 1 aromatic heterocycles. The van der Waals surface area contributed by atoms with E-state index < -0.39 is 5.82 Å². The van der Waals surface area contributed by atoms with Crippen molar-refractivity contribution in [2.45, 2.75) is 5.16 Å².